The standard InChI is InChI=1S/C17H20BrFN2/c1-2-7-21-16(10-13-5-8-20-9-6-13)11-14-3-4-15(18)12-17(14)19/h3-6,8-9,12,16,21H,2,7,10-11H2,1H3. The number of hydrogen-bond acceptors (Lipinski definition) is 2. The van der Waals surface area contributed by atoms with Gasteiger partial charge in [-0.25, -0.2) is 4.39 Å². The molecule has 1 N–H and O–H groups in total. The molecule has 1 heterocycles. The Bertz CT molecular complexity index is 560. The lowest BCUT2D eigenvalue weighted by molar-refractivity contribution is 0.492. The summed E-state index contributed by atoms with van der Waals surface area (Å²) < 4.78 is 14.8. The number of pyridine rings is 1. The second-order valence-corrected chi connectivity index (χ2v) is 6.07. The van der Waals surface area contributed by atoms with Gasteiger partial charge in [-0.15, -0.1) is 0 Å². The van der Waals surface area contributed by atoms with Crippen LogP contribution in [-0.4, -0.2) is 17.6 Å². The van der Waals surface area contributed by atoms with Gasteiger partial charge >= 0.3 is 0 Å². The summed E-state index contributed by atoms with van der Waals surface area (Å²) in [4.78, 5) is 4.04. The monoisotopic (exact) mass is 350 g/mol. The van der Waals surface area contributed by atoms with E-state index in [1.54, 1.807) is 12.4 Å². The molecule has 0 radical (unpaired) electrons. The number of nitrogens with zero attached hydrogens (tertiary/aromatic N) is 1. The third kappa shape index (κ3) is 5.21. The highest BCUT2D eigenvalue weighted by atomic mass is 79.9. The Hall–Kier alpha value is -1.26. The molecule has 1 atom stereocenters. The molecule has 1 unspecified atom stereocenters. The van der Waals surface area contributed by atoms with Crippen molar-refractivity contribution in [3.63, 3.8) is 0 Å². The SMILES string of the molecule is CCCNC(Cc1ccncc1)Cc1ccc(Br)cc1F. The van der Waals surface area contributed by atoms with E-state index >= 15 is 0 Å². The molecule has 0 aliphatic carbocycles. The Balaban J connectivity index is 2.08. The second kappa shape index (κ2) is 8.25. The maximum absolute atomic E-state index is 14.0. The molecular weight excluding hydrogens is 331 g/mol. The summed E-state index contributed by atoms with van der Waals surface area (Å²) in [6.45, 7) is 3.07. The predicted octanol–water partition coefficient (Wildman–Crippen LogP) is 4.14. The van der Waals surface area contributed by atoms with Gasteiger partial charge in [0.1, 0.15) is 5.82 Å². The van der Waals surface area contributed by atoms with Crippen molar-refractivity contribution in [2.45, 2.75) is 32.2 Å². The Labute approximate surface area is 133 Å². The van der Waals surface area contributed by atoms with Crippen LogP contribution >= 0.6 is 15.9 Å². The first kappa shape index (κ1) is 16.1. The van der Waals surface area contributed by atoms with Crippen molar-refractivity contribution in [2.75, 3.05) is 6.54 Å². The van der Waals surface area contributed by atoms with Gasteiger partial charge in [0.2, 0.25) is 0 Å². The molecule has 0 saturated heterocycles. The summed E-state index contributed by atoms with van der Waals surface area (Å²) in [6, 6.07) is 9.52. The van der Waals surface area contributed by atoms with Crippen LogP contribution < -0.4 is 5.32 Å². The van der Waals surface area contributed by atoms with E-state index in [0.29, 0.717) is 6.42 Å². The predicted molar refractivity (Wildman–Crippen MR) is 87.8 cm³/mol. The molecular formula is C17H20BrFN2. The van der Waals surface area contributed by atoms with E-state index in [0.717, 1.165) is 29.4 Å². The van der Waals surface area contributed by atoms with E-state index in [1.807, 2.05) is 24.3 Å². The molecule has 2 rings (SSSR count). The van der Waals surface area contributed by atoms with Crippen LogP contribution in [0.25, 0.3) is 0 Å². The number of rotatable bonds is 7. The van der Waals surface area contributed by atoms with Gasteiger partial charge < -0.3 is 5.32 Å². The summed E-state index contributed by atoms with van der Waals surface area (Å²) in [5, 5.41) is 3.51. The Kier molecular flexibility index (Phi) is 6.33. The summed E-state index contributed by atoms with van der Waals surface area (Å²) in [6.07, 6.45) is 6.22. The van der Waals surface area contributed by atoms with Crippen molar-refractivity contribution in [3.05, 3.63) is 64.1 Å². The second-order valence-electron chi connectivity index (χ2n) is 5.15. The van der Waals surface area contributed by atoms with Gasteiger partial charge in [0, 0.05) is 22.9 Å². The maximum atomic E-state index is 14.0. The lowest BCUT2D eigenvalue weighted by atomic mass is 9.99. The smallest absolute Gasteiger partial charge is 0.127 e. The average molecular weight is 351 g/mol. The van der Waals surface area contributed by atoms with E-state index < -0.39 is 0 Å². The van der Waals surface area contributed by atoms with Crippen LogP contribution in [0.4, 0.5) is 4.39 Å². The first-order valence-corrected chi connectivity index (χ1v) is 8.04. The molecule has 0 aliphatic rings. The molecule has 112 valence electrons. The number of hydrogen-bond donors (Lipinski definition) is 1. The third-order valence-electron chi connectivity index (χ3n) is 3.40. The Morgan fingerprint density at radius 1 is 1.19 bits per heavy atom. The van der Waals surface area contributed by atoms with Crippen molar-refractivity contribution in [1.82, 2.24) is 10.3 Å². The summed E-state index contributed by atoms with van der Waals surface area (Å²) in [7, 11) is 0. The van der Waals surface area contributed by atoms with Crippen LogP contribution in [0.15, 0.2) is 47.2 Å². The molecule has 0 saturated carbocycles. The highest BCUT2D eigenvalue weighted by molar-refractivity contribution is 9.10. The van der Waals surface area contributed by atoms with Gasteiger partial charge in [-0.1, -0.05) is 28.9 Å². The van der Waals surface area contributed by atoms with Crippen LogP contribution in [0.3, 0.4) is 0 Å². The topological polar surface area (TPSA) is 24.9 Å². The minimum atomic E-state index is -0.151. The molecule has 0 fully saturated rings. The molecule has 0 aliphatic heterocycles. The van der Waals surface area contributed by atoms with Gasteiger partial charge in [0.25, 0.3) is 0 Å². The fourth-order valence-corrected chi connectivity index (χ4v) is 2.65. The minimum Gasteiger partial charge on any atom is -0.313 e. The van der Waals surface area contributed by atoms with Crippen LogP contribution in [-0.2, 0) is 12.8 Å². The van der Waals surface area contributed by atoms with E-state index in [9.17, 15) is 4.39 Å². The van der Waals surface area contributed by atoms with Crippen molar-refractivity contribution >= 4 is 15.9 Å². The lowest BCUT2D eigenvalue weighted by Gasteiger charge is -2.19. The molecule has 0 bridgehead atoms. The zero-order valence-corrected chi connectivity index (χ0v) is 13.7. The molecule has 1 aromatic carbocycles. The maximum Gasteiger partial charge on any atom is 0.127 e. The largest absolute Gasteiger partial charge is 0.313 e. The highest BCUT2D eigenvalue weighted by Gasteiger charge is 2.13. The first-order chi connectivity index (χ1) is 10.2. The Morgan fingerprint density at radius 3 is 2.62 bits per heavy atom. The fraction of sp³-hybridized carbons (Fsp3) is 0.353. The number of benzene rings is 1. The van der Waals surface area contributed by atoms with Crippen molar-refractivity contribution in [1.29, 1.82) is 0 Å². The van der Waals surface area contributed by atoms with E-state index in [4.69, 9.17) is 0 Å². The summed E-state index contributed by atoms with van der Waals surface area (Å²) in [5.74, 6) is -0.151. The van der Waals surface area contributed by atoms with Crippen molar-refractivity contribution < 1.29 is 4.39 Å². The fourth-order valence-electron chi connectivity index (χ4n) is 2.32. The third-order valence-corrected chi connectivity index (χ3v) is 3.89. The van der Waals surface area contributed by atoms with Crippen LogP contribution in [0.1, 0.15) is 24.5 Å². The van der Waals surface area contributed by atoms with E-state index in [-0.39, 0.29) is 11.9 Å². The Morgan fingerprint density at radius 2 is 1.95 bits per heavy atom. The molecule has 1 aromatic heterocycles. The van der Waals surface area contributed by atoms with Gasteiger partial charge in [-0.3, -0.25) is 4.98 Å². The number of halogens is 2. The molecule has 2 nitrogen and oxygen atoms in total. The molecule has 2 aromatic rings. The lowest BCUT2D eigenvalue weighted by Crippen LogP contribution is -2.34. The number of aromatic nitrogens is 1. The van der Waals surface area contributed by atoms with Crippen LogP contribution in [0, 0.1) is 5.82 Å². The summed E-state index contributed by atoms with van der Waals surface area (Å²) >= 11 is 3.30. The molecule has 4 heteroatoms. The molecule has 0 amide bonds. The van der Waals surface area contributed by atoms with Gasteiger partial charge in [0.05, 0.1) is 0 Å². The molecule has 21 heavy (non-hydrogen) atoms. The zero-order chi connectivity index (χ0) is 15.1. The van der Waals surface area contributed by atoms with Gasteiger partial charge in [0.15, 0.2) is 0 Å². The van der Waals surface area contributed by atoms with E-state index in [2.05, 4.69) is 33.2 Å². The van der Waals surface area contributed by atoms with Gasteiger partial charge in [-0.2, -0.15) is 0 Å². The van der Waals surface area contributed by atoms with E-state index in [1.165, 1.54) is 11.6 Å². The summed E-state index contributed by atoms with van der Waals surface area (Å²) in [5.41, 5.74) is 1.97. The normalized spacial score (nSPS) is 12.3. The molecule has 0 spiro atoms. The quantitative estimate of drug-likeness (QED) is 0.811. The average Bonchev–Trinajstić information content (AvgIpc) is 2.48. The van der Waals surface area contributed by atoms with Crippen molar-refractivity contribution in [3.8, 4) is 0 Å². The van der Waals surface area contributed by atoms with Gasteiger partial charge in [-0.05, 0) is 61.2 Å². The van der Waals surface area contributed by atoms with Crippen molar-refractivity contribution in [2.24, 2.45) is 0 Å². The minimum absolute atomic E-state index is 0.151. The highest BCUT2D eigenvalue weighted by Crippen LogP contribution is 2.17. The van der Waals surface area contributed by atoms with Crippen LogP contribution in [0.2, 0.25) is 0 Å². The first-order valence-electron chi connectivity index (χ1n) is 7.25. The zero-order valence-electron chi connectivity index (χ0n) is 12.2. The van der Waals surface area contributed by atoms with Crippen LogP contribution in [0.5, 0.6) is 0 Å². The number of nitrogens with one attached hydrogen (secondary N) is 1.